The van der Waals surface area contributed by atoms with Gasteiger partial charge in [-0.3, -0.25) is 4.79 Å². The number of nitrogens with zero attached hydrogens (tertiary/aromatic N) is 2. The third-order valence-electron chi connectivity index (χ3n) is 3.65. The van der Waals surface area contributed by atoms with E-state index < -0.39 is 25.4 Å². The van der Waals surface area contributed by atoms with Crippen LogP contribution in [0.5, 0.6) is 0 Å². The number of ether oxygens (including phenoxy) is 1. The number of carbonyl (C=O) groups is 2. The largest absolute Gasteiger partial charge is 0.440 e. The molecule has 128 valence electrons. The standard InChI is InChI=1S/C14H18F3N3O3/c1-19-6-2-4-10(19)11-5-3-7-20(11)12(21)8-18-13(22)23-9-14(15,16)17/h2,4,6,11H,3,5,7-9H2,1H3,(H,18,22)/t11-/m1/s1. The average molecular weight is 333 g/mol. The van der Waals surface area contributed by atoms with E-state index in [-0.39, 0.29) is 11.9 Å². The molecule has 0 aliphatic carbocycles. The van der Waals surface area contributed by atoms with E-state index in [9.17, 15) is 22.8 Å². The van der Waals surface area contributed by atoms with Gasteiger partial charge in [0.05, 0.1) is 6.04 Å². The Morgan fingerprint density at radius 2 is 2.17 bits per heavy atom. The fourth-order valence-electron chi connectivity index (χ4n) is 2.64. The maximum atomic E-state index is 12.2. The van der Waals surface area contributed by atoms with E-state index in [0.717, 1.165) is 18.5 Å². The number of aromatic nitrogens is 1. The fourth-order valence-corrected chi connectivity index (χ4v) is 2.64. The predicted octanol–water partition coefficient (Wildman–Crippen LogP) is 1.98. The molecule has 2 rings (SSSR count). The maximum Gasteiger partial charge on any atom is 0.422 e. The van der Waals surface area contributed by atoms with Crippen molar-refractivity contribution in [2.45, 2.75) is 25.1 Å². The molecule has 0 spiro atoms. The minimum atomic E-state index is -4.59. The van der Waals surface area contributed by atoms with Crippen molar-refractivity contribution in [3.05, 3.63) is 24.0 Å². The van der Waals surface area contributed by atoms with Crippen LogP contribution < -0.4 is 5.32 Å². The van der Waals surface area contributed by atoms with Crippen molar-refractivity contribution in [2.75, 3.05) is 19.7 Å². The first-order valence-electron chi connectivity index (χ1n) is 7.16. The molecule has 6 nitrogen and oxygen atoms in total. The Bertz CT molecular complexity index is 571. The number of carbonyl (C=O) groups excluding carboxylic acids is 2. The summed E-state index contributed by atoms with van der Waals surface area (Å²) in [5, 5.41) is 2.05. The van der Waals surface area contributed by atoms with Gasteiger partial charge in [-0.15, -0.1) is 0 Å². The van der Waals surface area contributed by atoms with Gasteiger partial charge in [0.15, 0.2) is 6.61 Å². The second-order valence-corrected chi connectivity index (χ2v) is 5.33. The number of hydrogen-bond acceptors (Lipinski definition) is 3. The van der Waals surface area contributed by atoms with Gasteiger partial charge >= 0.3 is 12.3 Å². The normalized spacial score (nSPS) is 18.1. The van der Waals surface area contributed by atoms with Gasteiger partial charge < -0.3 is 19.5 Å². The van der Waals surface area contributed by atoms with Gasteiger partial charge in [0.25, 0.3) is 0 Å². The summed E-state index contributed by atoms with van der Waals surface area (Å²) in [5.74, 6) is -0.349. The monoisotopic (exact) mass is 333 g/mol. The van der Waals surface area contributed by atoms with Gasteiger partial charge in [0, 0.05) is 25.5 Å². The summed E-state index contributed by atoms with van der Waals surface area (Å²) < 4.78 is 41.7. The lowest BCUT2D eigenvalue weighted by Gasteiger charge is -2.25. The van der Waals surface area contributed by atoms with E-state index >= 15 is 0 Å². The molecule has 0 saturated carbocycles. The van der Waals surface area contributed by atoms with E-state index in [4.69, 9.17) is 0 Å². The van der Waals surface area contributed by atoms with Crippen LogP contribution in [-0.2, 0) is 16.6 Å². The highest BCUT2D eigenvalue weighted by molar-refractivity contribution is 5.82. The topological polar surface area (TPSA) is 63.6 Å². The van der Waals surface area contributed by atoms with Crippen LogP contribution in [0.4, 0.5) is 18.0 Å². The lowest BCUT2D eigenvalue weighted by molar-refractivity contribution is -0.160. The first kappa shape index (κ1) is 17.2. The molecule has 1 fully saturated rings. The van der Waals surface area contributed by atoms with Gasteiger partial charge in [-0.05, 0) is 25.0 Å². The van der Waals surface area contributed by atoms with E-state index in [1.165, 1.54) is 0 Å². The average Bonchev–Trinajstić information content (AvgIpc) is 3.09. The number of alkyl carbamates (subject to hydrolysis) is 1. The molecule has 1 aromatic heterocycles. The van der Waals surface area contributed by atoms with Crippen molar-refractivity contribution in [2.24, 2.45) is 7.05 Å². The summed E-state index contributed by atoms with van der Waals surface area (Å²) in [6, 6.07) is 3.71. The molecular weight excluding hydrogens is 315 g/mol. The number of aryl methyl sites for hydroxylation is 1. The summed E-state index contributed by atoms with van der Waals surface area (Å²) in [6.45, 7) is -1.52. The van der Waals surface area contributed by atoms with Gasteiger partial charge in [-0.2, -0.15) is 13.2 Å². The molecule has 1 saturated heterocycles. The van der Waals surface area contributed by atoms with Crippen LogP contribution in [-0.4, -0.2) is 47.3 Å². The SMILES string of the molecule is Cn1cccc1[C@H]1CCCN1C(=O)CNC(=O)OCC(F)(F)F. The number of rotatable bonds is 4. The molecule has 2 heterocycles. The maximum absolute atomic E-state index is 12.2. The molecule has 1 aliphatic heterocycles. The summed E-state index contributed by atoms with van der Waals surface area (Å²) in [4.78, 5) is 25.0. The quantitative estimate of drug-likeness (QED) is 0.916. The molecule has 0 unspecified atom stereocenters. The van der Waals surface area contributed by atoms with Crippen molar-refractivity contribution in [3.8, 4) is 0 Å². The smallest absolute Gasteiger partial charge is 0.422 e. The van der Waals surface area contributed by atoms with Crippen LogP contribution in [0.25, 0.3) is 0 Å². The molecule has 1 atom stereocenters. The minimum absolute atomic E-state index is 0.0875. The Balaban J connectivity index is 1.85. The second-order valence-electron chi connectivity index (χ2n) is 5.33. The third kappa shape index (κ3) is 4.64. The Hall–Kier alpha value is -2.19. The molecule has 0 radical (unpaired) electrons. The van der Waals surface area contributed by atoms with Crippen molar-refractivity contribution in [3.63, 3.8) is 0 Å². The molecule has 1 N–H and O–H groups in total. The molecule has 23 heavy (non-hydrogen) atoms. The van der Waals surface area contributed by atoms with E-state index in [1.54, 1.807) is 4.90 Å². The number of amides is 2. The Labute approximate surface area is 131 Å². The first-order valence-corrected chi connectivity index (χ1v) is 7.16. The summed E-state index contributed by atoms with van der Waals surface area (Å²) in [7, 11) is 1.88. The Kier molecular flexibility index (Phi) is 5.17. The molecule has 1 aliphatic rings. The van der Waals surface area contributed by atoms with Crippen LogP contribution >= 0.6 is 0 Å². The molecule has 0 bridgehead atoms. The summed E-state index contributed by atoms with van der Waals surface area (Å²) in [6.07, 6.45) is -2.33. The van der Waals surface area contributed by atoms with E-state index in [1.807, 2.05) is 29.9 Å². The van der Waals surface area contributed by atoms with Gasteiger partial charge in [0.1, 0.15) is 6.54 Å². The van der Waals surface area contributed by atoms with Crippen LogP contribution in [0.15, 0.2) is 18.3 Å². The molecule has 9 heteroatoms. The Morgan fingerprint density at radius 3 is 2.78 bits per heavy atom. The number of hydrogen-bond donors (Lipinski definition) is 1. The molecule has 0 aromatic carbocycles. The van der Waals surface area contributed by atoms with Crippen LogP contribution in [0.1, 0.15) is 24.6 Å². The van der Waals surface area contributed by atoms with Gasteiger partial charge in [-0.25, -0.2) is 4.79 Å². The number of likely N-dealkylation sites (tertiary alicyclic amines) is 1. The molecule has 1 aromatic rings. The second kappa shape index (κ2) is 6.93. The number of alkyl halides is 3. The van der Waals surface area contributed by atoms with Crippen molar-refractivity contribution < 1.29 is 27.5 Å². The zero-order valence-electron chi connectivity index (χ0n) is 12.6. The van der Waals surface area contributed by atoms with Crippen LogP contribution in [0, 0.1) is 0 Å². The third-order valence-corrected chi connectivity index (χ3v) is 3.65. The van der Waals surface area contributed by atoms with E-state index in [0.29, 0.717) is 6.54 Å². The Morgan fingerprint density at radius 1 is 1.43 bits per heavy atom. The highest BCUT2D eigenvalue weighted by Crippen LogP contribution is 2.31. The lowest BCUT2D eigenvalue weighted by Crippen LogP contribution is -2.40. The highest BCUT2D eigenvalue weighted by atomic mass is 19.4. The lowest BCUT2D eigenvalue weighted by atomic mass is 10.1. The van der Waals surface area contributed by atoms with Crippen LogP contribution in [0.3, 0.4) is 0 Å². The predicted molar refractivity (Wildman–Crippen MR) is 74.5 cm³/mol. The van der Waals surface area contributed by atoms with Crippen LogP contribution in [0.2, 0.25) is 0 Å². The molecular formula is C14H18F3N3O3. The zero-order chi connectivity index (χ0) is 17.0. The highest BCUT2D eigenvalue weighted by Gasteiger charge is 2.32. The summed E-state index contributed by atoms with van der Waals surface area (Å²) >= 11 is 0. The summed E-state index contributed by atoms with van der Waals surface area (Å²) in [5.41, 5.74) is 0.982. The van der Waals surface area contributed by atoms with Crippen molar-refractivity contribution >= 4 is 12.0 Å². The van der Waals surface area contributed by atoms with Crippen molar-refractivity contribution in [1.29, 1.82) is 0 Å². The first-order chi connectivity index (χ1) is 10.8. The van der Waals surface area contributed by atoms with Gasteiger partial charge in [-0.1, -0.05) is 0 Å². The number of halogens is 3. The van der Waals surface area contributed by atoms with Crippen molar-refractivity contribution in [1.82, 2.24) is 14.8 Å². The van der Waals surface area contributed by atoms with E-state index in [2.05, 4.69) is 10.1 Å². The van der Waals surface area contributed by atoms with Gasteiger partial charge in [0.2, 0.25) is 5.91 Å². The number of nitrogens with one attached hydrogen (secondary N) is 1. The zero-order valence-corrected chi connectivity index (χ0v) is 12.6. The minimum Gasteiger partial charge on any atom is -0.440 e. The fraction of sp³-hybridized carbons (Fsp3) is 0.571. The molecule has 2 amide bonds.